The second-order valence-corrected chi connectivity index (χ2v) is 7.34. The van der Waals surface area contributed by atoms with Crippen LogP contribution >= 0.6 is 0 Å². The van der Waals surface area contributed by atoms with Crippen molar-refractivity contribution < 1.29 is 19.5 Å². The van der Waals surface area contributed by atoms with E-state index in [9.17, 15) is 19.5 Å². The zero-order chi connectivity index (χ0) is 22.9. The minimum Gasteiger partial charge on any atom is -0.480 e. The van der Waals surface area contributed by atoms with E-state index in [4.69, 9.17) is 0 Å². The maximum Gasteiger partial charge on any atom is 0.326 e. The number of aliphatic carboxylic acids is 1. The lowest BCUT2D eigenvalue weighted by Gasteiger charge is -2.17. The first-order valence-electron chi connectivity index (χ1n) is 10.1. The third-order valence-electron chi connectivity index (χ3n) is 4.80. The summed E-state index contributed by atoms with van der Waals surface area (Å²) in [6.07, 6.45) is 1.64. The van der Waals surface area contributed by atoms with Crippen molar-refractivity contribution in [3.05, 3.63) is 113 Å². The lowest BCUT2D eigenvalue weighted by Crippen LogP contribution is -2.45. The van der Waals surface area contributed by atoms with Gasteiger partial charge in [0.2, 0.25) is 0 Å². The number of carboxylic acid groups (broad SMARTS) is 1. The Morgan fingerprint density at radius 2 is 1.47 bits per heavy atom. The van der Waals surface area contributed by atoms with E-state index in [-0.39, 0.29) is 12.1 Å². The molecule has 0 saturated heterocycles. The predicted octanol–water partition coefficient (Wildman–Crippen LogP) is 3.58. The summed E-state index contributed by atoms with van der Waals surface area (Å²) in [6.45, 7) is 1.94. The third kappa shape index (κ3) is 6.40. The van der Waals surface area contributed by atoms with Gasteiger partial charge in [-0.3, -0.25) is 9.59 Å². The van der Waals surface area contributed by atoms with Gasteiger partial charge in [0.05, 0.1) is 0 Å². The van der Waals surface area contributed by atoms with Gasteiger partial charge in [0.1, 0.15) is 11.7 Å². The minimum absolute atomic E-state index is 0.0398. The van der Waals surface area contributed by atoms with E-state index in [0.717, 1.165) is 11.1 Å². The third-order valence-corrected chi connectivity index (χ3v) is 4.80. The molecule has 0 spiro atoms. The number of hydrogen-bond acceptors (Lipinski definition) is 3. The highest BCUT2D eigenvalue weighted by Crippen LogP contribution is 2.10. The summed E-state index contributed by atoms with van der Waals surface area (Å²) in [4.78, 5) is 37.5. The monoisotopic (exact) mass is 428 g/mol. The summed E-state index contributed by atoms with van der Waals surface area (Å²) in [7, 11) is 0. The van der Waals surface area contributed by atoms with Crippen molar-refractivity contribution in [3.63, 3.8) is 0 Å². The number of amides is 2. The Bertz CT molecular complexity index is 1110. The highest BCUT2D eigenvalue weighted by Gasteiger charge is 2.23. The summed E-state index contributed by atoms with van der Waals surface area (Å²) < 4.78 is 0. The molecule has 1 unspecified atom stereocenters. The number of carbonyl (C=O) groups excluding carboxylic acids is 2. The number of carbonyl (C=O) groups is 3. The van der Waals surface area contributed by atoms with E-state index < -0.39 is 23.8 Å². The van der Waals surface area contributed by atoms with E-state index in [0.29, 0.717) is 11.1 Å². The lowest BCUT2D eigenvalue weighted by atomic mass is 10.1. The van der Waals surface area contributed by atoms with Crippen LogP contribution in [0.5, 0.6) is 0 Å². The van der Waals surface area contributed by atoms with Gasteiger partial charge in [0, 0.05) is 12.0 Å². The molecule has 1 atom stereocenters. The van der Waals surface area contributed by atoms with Crippen LogP contribution in [-0.2, 0) is 16.0 Å². The fraction of sp³-hybridized carbons (Fsp3) is 0.115. The van der Waals surface area contributed by atoms with E-state index in [2.05, 4.69) is 10.6 Å². The van der Waals surface area contributed by atoms with Gasteiger partial charge in [-0.05, 0) is 36.3 Å². The van der Waals surface area contributed by atoms with E-state index in [1.165, 1.54) is 6.08 Å². The van der Waals surface area contributed by atoms with Gasteiger partial charge >= 0.3 is 5.97 Å². The molecular weight excluding hydrogens is 404 g/mol. The van der Waals surface area contributed by atoms with Crippen LogP contribution in [0.25, 0.3) is 6.08 Å². The largest absolute Gasteiger partial charge is 0.480 e. The van der Waals surface area contributed by atoms with Crippen molar-refractivity contribution in [3.8, 4) is 0 Å². The minimum atomic E-state index is -1.16. The van der Waals surface area contributed by atoms with Crippen LogP contribution in [-0.4, -0.2) is 28.9 Å². The Morgan fingerprint density at radius 3 is 2.06 bits per heavy atom. The van der Waals surface area contributed by atoms with Crippen LogP contribution in [0.15, 0.2) is 90.6 Å². The molecule has 0 heterocycles. The maximum absolute atomic E-state index is 13.0. The molecule has 0 fully saturated rings. The van der Waals surface area contributed by atoms with Gasteiger partial charge in [-0.2, -0.15) is 0 Å². The molecule has 6 nitrogen and oxygen atoms in total. The zero-order valence-electron chi connectivity index (χ0n) is 17.6. The van der Waals surface area contributed by atoms with E-state index >= 15 is 0 Å². The summed E-state index contributed by atoms with van der Waals surface area (Å²) in [5.41, 5.74) is 2.87. The second-order valence-electron chi connectivity index (χ2n) is 7.34. The average Bonchev–Trinajstić information content (AvgIpc) is 2.80. The van der Waals surface area contributed by atoms with Crippen LogP contribution in [0.4, 0.5) is 0 Å². The standard InChI is InChI=1S/C26H24N2O4/c1-18-12-14-20(15-13-18)16-22(27-24(29)21-10-6-3-7-11-21)25(30)28-23(26(31)32)17-19-8-4-2-5-9-19/h2-16,23H,17H2,1H3,(H,27,29)(H,28,30)(H,31,32)/b22-16+. The van der Waals surface area contributed by atoms with Crippen molar-refractivity contribution in [2.24, 2.45) is 0 Å². The summed E-state index contributed by atoms with van der Waals surface area (Å²) in [5.74, 6) is -2.31. The Hall–Kier alpha value is -4.19. The number of aryl methyl sites for hydroxylation is 1. The quantitative estimate of drug-likeness (QED) is 0.478. The molecule has 32 heavy (non-hydrogen) atoms. The summed E-state index contributed by atoms with van der Waals surface area (Å²) >= 11 is 0. The zero-order valence-corrected chi connectivity index (χ0v) is 17.6. The topological polar surface area (TPSA) is 95.5 Å². The Balaban J connectivity index is 1.85. The van der Waals surface area contributed by atoms with E-state index in [1.807, 2.05) is 37.3 Å². The molecule has 0 radical (unpaired) electrons. The van der Waals surface area contributed by atoms with Gasteiger partial charge in [0.25, 0.3) is 11.8 Å². The Labute approximate surface area is 186 Å². The van der Waals surface area contributed by atoms with Crippen molar-refractivity contribution in [1.29, 1.82) is 0 Å². The van der Waals surface area contributed by atoms with Crippen molar-refractivity contribution >= 4 is 23.9 Å². The van der Waals surface area contributed by atoms with Crippen LogP contribution < -0.4 is 10.6 Å². The maximum atomic E-state index is 13.0. The first-order chi connectivity index (χ1) is 15.4. The number of nitrogens with one attached hydrogen (secondary N) is 2. The first kappa shape index (κ1) is 22.5. The molecule has 0 aliphatic rings. The van der Waals surface area contributed by atoms with Crippen molar-refractivity contribution in [2.45, 2.75) is 19.4 Å². The van der Waals surface area contributed by atoms with Gasteiger partial charge in [-0.25, -0.2) is 4.79 Å². The summed E-state index contributed by atoms with van der Waals surface area (Å²) in [5, 5.41) is 14.8. The van der Waals surface area contributed by atoms with Crippen LogP contribution in [0.2, 0.25) is 0 Å². The van der Waals surface area contributed by atoms with Crippen LogP contribution in [0.3, 0.4) is 0 Å². The van der Waals surface area contributed by atoms with Crippen molar-refractivity contribution in [2.75, 3.05) is 0 Å². The number of hydrogen-bond donors (Lipinski definition) is 3. The molecule has 0 saturated carbocycles. The molecule has 0 aliphatic heterocycles. The lowest BCUT2D eigenvalue weighted by molar-refractivity contribution is -0.141. The fourth-order valence-electron chi connectivity index (χ4n) is 3.06. The van der Waals surface area contributed by atoms with Gasteiger partial charge in [-0.15, -0.1) is 0 Å². The van der Waals surface area contributed by atoms with Gasteiger partial charge in [-0.1, -0.05) is 78.4 Å². The Morgan fingerprint density at radius 1 is 0.875 bits per heavy atom. The molecule has 3 aromatic rings. The number of benzene rings is 3. The van der Waals surface area contributed by atoms with Crippen LogP contribution in [0, 0.1) is 6.92 Å². The molecule has 3 N–H and O–H groups in total. The normalized spacial score (nSPS) is 12.0. The SMILES string of the molecule is Cc1ccc(/C=C(/NC(=O)c2ccccc2)C(=O)NC(Cc2ccccc2)C(=O)O)cc1. The molecular formula is C26H24N2O4. The Kier molecular flexibility index (Phi) is 7.54. The molecule has 6 heteroatoms. The molecule has 0 bridgehead atoms. The molecule has 0 aliphatic carbocycles. The predicted molar refractivity (Wildman–Crippen MR) is 123 cm³/mol. The van der Waals surface area contributed by atoms with Gasteiger partial charge < -0.3 is 15.7 Å². The number of carboxylic acids is 1. The van der Waals surface area contributed by atoms with Crippen LogP contribution in [0.1, 0.15) is 27.0 Å². The molecule has 162 valence electrons. The molecule has 3 rings (SSSR count). The number of rotatable bonds is 8. The first-order valence-corrected chi connectivity index (χ1v) is 10.1. The van der Waals surface area contributed by atoms with Crippen molar-refractivity contribution in [1.82, 2.24) is 10.6 Å². The molecule has 0 aromatic heterocycles. The highest BCUT2D eigenvalue weighted by molar-refractivity contribution is 6.06. The molecule has 3 aromatic carbocycles. The fourth-order valence-corrected chi connectivity index (χ4v) is 3.06. The summed E-state index contributed by atoms with van der Waals surface area (Å²) in [6, 6.07) is 23.8. The van der Waals surface area contributed by atoms with Gasteiger partial charge in [0.15, 0.2) is 0 Å². The smallest absolute Gasteiger partial charge is 0.326 e. The molecule has 2 amide bonds. The second kappa shape index (κ2) is 10.7. The highest BCUT2D eigenvalue weighted by atomic mass is 16.4. The average molecular weight is 428 g/mol. The van der Waals surface area contributed by atoms with E-state index in [1.54, 1.807) is 54.6 Å².